The molecule has 108 valence electrons. The molecule has 1 aromatic carbocycles. The summed E-state index contributed by atoms with van der Waals surface area (Å²) >= 11 is 0. The Kier molecular flexibility index (Phi) is 3.59. The predicted molar refractivity (Wildman–Crippen MR) is 82.9 cm³/mol. The van der Waals surface area contributed by atoms with Crippen molar-refractivity contribution in [3.05, 3.63) is 24.0 Å². The highest BCUT2D eigenvalue weighted by atomic mass is 16.2. The molecule has 0 aliphatic heterocycles. The lowest BCUT2D eigenvalue weighted by atomic mass is 9.95. The first-order valence-electron chi connectivity index (χ1n) is 7.00. The van der Waals surface area contributed by atoms with Gasteiger partial charge in [-0.1, -0.05) is 20.8 Å². The first-order chi connectivity index (χ1) is 9.20. The minimum absolute atomic E-state index is 0.0110. The van der Waals surface area contributed by atoms with Crippen LogP contribution in [0.15, 0.2) is 18.2 Å². The fraction of sp³-hybridized carbons (Fsp3) is 0.500. The topological polar surface area (TPSA) is 46.9 Å². The van der Waals surface area contributed by atoms with E-state index >= 15 is 0 Å². The van der Waals surface area contributed by atoms with Gasteiger partial charge in [-0.15, -0.1) is 0 Å². The van der Waals surface area contributed by atoms with Crippen LogP contribution in [0.2, 0.25) is 0 Å². The molecule has 4 heteroatoms. The highest BCUT2D eigenvalue weighted by Gasteiger charge is 2.21. The lowest BCUT2D eigenvalue weighted by molar-refractivity contribution is -0.123. The number of anilines is 1. The second kappa shape index (κ2) is 4.93. The van der Waals surface area contributed by atoms with E-state index in [0.29, 0.717) is 6.04 Å². The molecule has 1 amide bonds. The second-order valence-electron chi connectivity index (χ2n) is 6.53. The third-order valence-electron chi connectivity index (χ3n) is 3.32. The molecule has 0 spiro atoms. The highest BCUT2D eigenvalue weighted by molar-refractivity contribution is 5.96. The predicted octanol–water partition coefficient (Wildman–Crippen LogP) is 3.91. The second-order valence-corrected chi connectivity index (χ2v) is 6.53. The summed E-state index contributed by atoms with van der Waals surface area (Å²) < 4.78 is 2.20. The molecule has 2 aromatic rings. The Morgan fingerprint density at radius 3 is 2.50 bits per heavy atom. The summed E-state index contributed by atoms with van der Waals surface area (Å²) in [4.78, 5) is 16.6. The fourth-order valence-corrected chi connectivity index (χ4v) is 2.27. The largest absolute Gasteiger partial charge is 0.326 e. The first-order valence-corrected chi connectivity index (χ1v) is 7.00. The van der Waals surface area contributed by atoms with Gasteiger partial charge < -0.3 is 9.88 Å². The van der Waals surface area contributed by atoms with Gasteiger partial charge in [0.25, 0.3) is 0 Å². The monoisotopic (exact) mass is 273 g/mol. The van der Waals surface area contributed by atoms with E-state index in [9.17, 15) is 4.79 Å². The summed E-state index contributed by atoms with van der Waals surface area (Å²) in [6, 6.07) is 6.26. The quantitative estimate of drug-likeness (QED) is 0.901. The zero-order valence-corrected chi connectivity index (χ0v) is 13.1. The van der Waals surface area contributed by atoms with E-state index < -0.39 is 5.41 Å². The maximum absolute atomic E-state index is 12.0. The molecule has 0 atom stereocenters. The van der Waals surface area contributed by atoms with E-state index in [2.05, 4.69) is 28.7 Å². The number of aromatic nitrogens is 2. The molecule has 2 rings (SSSR count). The number of nitrogens with zero attached hydrogens (tertiary/aromatic N) is 2. The van der Waals surface area contributed by atoms with Gasteiger partial charge in [0.05, 0.1) is 11.0 Å². The molecule has 4 nitrogen and oxygen atoms in total. The molecule has 0 fully saturated rings. The highest BCUT2D eigenvalue weighted by Crippen LogP contribution is 2.25. The van der Waals surface area contributed by atoms with Crippen LogP contribution in [0.25, 0.3) is 11.0 Å². The van der Waals surface area contributed by atoms with Gasteiger partial charge in [0, 0.05) is 17.1 Å². The van der Waals surface area contributed by atoms with Crippen molar-refractivity contribution in [1.29, 1.82) is 0 Å². The summed E-state index contributed by atoms with van der Waals surface area (Å²) in [5.74, 6) is 1.01. The van der Waals surface area contributed by atoms with E-state index in [1.807, 2.05) is 45.9 Å². The summed E-state index contributed by atoms with van der Waals surface area (Å²) in [5.41, 5.74) is 2.42. The minimum Gasteiger partial charge on any atom is -0.326 e. The van der Waals surface area contributed by atoms with Gasteiger partial charge in [0.15, 0.2) is 0 Å². The number of hydrogen-bond acceptors (Lipinski definition) is 2. The van der Waals surface area contributed by atoms with Crippen molar-refractivity contribution in [2.75, 3.05) is 5.32 Å². The van der Waals surface area contributed by atoms with Gasteiger partial charge in [-0.25, -0.2) is 4.98 Å². The molecule has 0 aliphatic carbocycles. The molecule has 0 saturated carbocycles. The van der Waals surface area contributed by atoms with Crippen molar-refractivity contribution in [3.63, 3.8) is 0 Å². The number of nitrogens with one attached hydrogen (secondary N) is 1. The summed E-state index contributed by atoms with van der Waals surface area (Å²) in [5, 5.41) is 2.94. The van der Waals surface area contributed by atoms with Crippen LogP contribution in [0.5, 0.6) is 0 Å². The summed E-state index contributed by atoms with van der Waals surface area (Å²) in [6.45, 7) is 12.0. The van der Waals surface area contributed by atoms with Gasteiger partial charge in [0.2, 0.25) is 5.91 Å². The van der Waals surface area contributed by atoms with Crippen LogP contribution in [0.3, 0.4) is 0 Å². The standard InChI is InChI=1S/C16H23N3O/c1-10(2)19-11(3)17-13-9-12(7-8-14(13)19)18-15(20)16(4,5)6/h7-10H,1-6H3,(H,18,20). The Morgan fingerprint density at radius 2 is 1.95 bits per heavy atom. The average Bonchev–Trinajstić information content (AvgIpc) is 2.62. The number of rotatable bonds is 2. The van der Waals surface area contributed by atoms with E-state index in [1.165, 1.54) is 0 Å². The lowest BCUT2D eigenvalue weighted by Crippen LogP contribution is -2.27. The SMILES string of the molecule is Cc1nc2cc(NC(=O)C(C)(C)C)ccc2n1C(C)C. The number of amides is 1. The number of benzene rings is 1. The van der Waals surface area contributed by atoms with Gasteiger partial charge in [-0.05, 0) is 39.0 Å². The maximum Gasteiger partial charge on any atom is 0.229 e. The van der Waals surface area contributed by atoms with Crippen LogP contribution in [0.1, 0.15) is 46.5 Å². The third kappa shape index (κ3) is 2.69. The number of hydrogen-bond donors (Lipinski definition) is 1. The zero-order valence-electron chi connectivity index (χ0n) is 13.1. The molecule has 1 N–H and O–H groups in total. The van der Waals surface area contributed by atoms with Crippen molar-refractivity contribution in [1.82, 2.24) is 9.55 Å². The van der Waals surface area contributed by atoms with Crippen molar-refractivity contribution in [3.8, 4) is 0 Å². The normalized spacial score (nSPS) is 12.2. The van der Waals surface area contributed by atoms with Crippen molar-refractivity contribution >= 4 is 22.6 Å². The van der Waals surface area contributed by atoms with Crippen LogP contribution in [0.4, 0.5) is 5.69 Å². The Labute approximate surface area is 120 Å². The number of imidazole rings is 1. The van der Waals surface area contributed by atoms with Crippen LogP contribution in [0, 0.1) is 12.3 Å². The van der Waals surface area contributed by atoms with Crippen LogP contribution >= 0.6 is 0 Å². The molecule has 1 heterocycles. The van der Waals surface area contributed by atoms with E-state index in [1.54, 1.807) is 0 Å². The Hall–Kier alpha value is -1.84. The van der Waals surface area contributed by atoms with Crippen molar-refractivity contribution in [2.45, 2.75) is 47.6 Å². The van der Waals surface area contributed by atoms with Gasteiger partial charge >= 0.3 is 0 Å². The molecular weight excluding hydrogens is 250 g/mol. The van der Waals surface area contributed by atoms with E-state index in [-0.39, 0.29) is 5.91 Å². The Balaban J connectivity index is 2.38. The molecule has 0 aliphatic rings. The molecule has 0 saturated heterocycles. The first kappa shape index (κ1) is 14.6. The number of carbonyl (C=O) groups is 1. The van der Waals surface area contributed by atoms with Crippen LogP contribution in [-0.4, -0.2) is 15.5 Å². The van der Waals surface area contributed by atoms with E-state index in [0.717, 1.165) is 22.5 Å². The van der Waals surface area contributed by atoms with Gasteiger partial charge in [-0.3, -0.25) is 4.79 Å². The van der Waals surface area contributed by atoms with Gasteiger partial charge in [0.1, 0.15) is 5.82 Å². The van der Waals surface area contributed by atoms with E-state index in [4.69, 9.17) is 0 Å². The molecule has 0 bridgehead atoms. The van der Waals surface area contributed by atoms with Crippen molar-refractivity contribution in [2.24, 2.45) is 5.41 Å². The zero-order chi connectivity index (χ0) is 15.1. The number of fused-ring (bicyclic) bond motifs is 1. The molecule has 1 aromatic heterocycles. The Morgan fingerprint density at radius 1 is 1.30 bits per heavy atom. The summed E-state index contributed by atoms with van der Waals surface area (Å²) in [6.07, 6.45) is 0. The van der Waals surface area contributed by atoms with Gasteiger partial charge in [-0.2, -0.15) is 0 Å². The number of aryl methyl sites for hydroxylation is 1. The molecule has 0 radical (unpaired) electrons. The molecule has 0 unspecified atom stereocenters. The minimum atomic E-state index is -0.401. The van der Waals surface area contributed by atoms with Crippen LogP contribution < -0.4 is 5.32 Å². The molecular formula is C16H23N3O. The smallest absolute Gasteiger partial charge is 0.229 e. The molecule has 20 heavy (non-hydrogen) atoms. The maximum atomic E-state index is 12.0. The average molecular weight is 273 g/mol. The lowest BCUT2D eigenvalue weighted by Gasteiger charge is -2.17. The van der Waals surface area contributed by atoms with Crippen molar-refractivity contribution < 1.29 is 4.79 Å². The third-order valence-corrected chi connectivity index (χ3v) is 3.32. The summed E-state index contributed by atoms with van der Waals surface area (Å²) in [7, 11) is 0. The van der Waals surface area contributed by atoms with Crippen LogP contribution in [-0.2, 0) is 4.79 Å². The fourth-order valence-electron chi connectivity index (χ4n) is 2.27. The number of carbonyl (C=O) groups excluding carboxylic acids is 1. The Bertz CT molecular complexity index is 648.